The molecule has 2 heterocycles. The quantitative estimate of drug-likeness (QED) is 0.817. The molecular formula is C13H14N4O2. The van der Waals surface area contributed by atoms with Crippen LogP contribution >= 0.6 is 0 Å². The van der Waals surface area contributed by atoms with Crippen molar-refractivity contribution in [2.24, 2.45) is 0 Å². The minimum atomic E-state index is -0.0880. The normalized spacial score (nSPS) is 15.5. The van der Waals surface area contributed by atoms with Gasteiger partial charge in [-0.15, -0.1) is 10.2 Å². The Hall–Kier alpha value is -2.21. The minimum Gasteiger partial charge on any atom is -0.288 e. The van der Waals surface area contributed by atoms with Gasteiger partial charge in [0.05, 0.1) is 6.61 Å². The predicted molar refractivity (Wildman–Crippen MR) is 67.6 cm³/mol. The topological polar surface area (TPSA) is 60.2 Å². The molecule has 0 N–H and O–H groups in total. The van der Waals surface area contributed by atoms with Crippen molar-refractivity contribution in [3.05, 3.63) is 42.5 Å². The molecule has 0 aliphatic carbocycles. The molecule has 19 heavy (non-hydrogen) atoms. The first-order chi connectivity index (χ1) is 9.34. The molecule has 1 amide bonds. The molecule has 0 radical (unpaired) electrons. The third kappa shape index (κ3) is 2.48. The summed E-state index contributed by atoms with van der Waals surface area (Å²) in [6.45, 7) is 1.27. The zero-order valence-corrected chi connectivity index (χ0v) is 10.4. The monoisotopic (exact) mass is 258 g/mol. The molecule has 0 unspecified atom stereocenters. The van der Waals surface area contributed by atoms with Gasteiger partial charge in [-0.2, -0.15) is 0 Å². The van der Waals surface area contributed by atoms with Crippen LogP contribution in [0.15, 0.2) is 36.9 Å². The molecule has 1 aromatic carbocycles. The van der Waals surface area contributed by atoms with Gasteiger partial charge in [-0.05, 0) is 37.1 Å². The molecule has 1 saturated heterocycles. The molecular weight excluding hydrogens is 244 g/mol. The van der Waals surface area contributed by atoms with E-state index in [-0.39, 0.29) is 5.91 Å². The average Bonchev–Trinajstić information content (AvgIpc) is 3.02. The van der Waals surface area contributed by atoms with Crippen LogP contribution in [0, 0.1) is 0 Å². The number of benzene rings is 1. The van der Waals surface area contributed by atoms with E-state index in [0.29, 0.717) is 18.7 Å². The third-order valence-electron chi connectivity index (χ3n) is 3.06. The number of hydrogen-bond donors (Lipinski definition) is 0. The number of nitrogens with zero attached hydrogens (tertiary/aromatic N) is 4. The highest BCUT2D eigenvalue weighted by molar-refractivity contribution is 5.93. The molecule has 0 spiro atoms. The first-order valence-electron chi connectivity index (χ1n) is 6.24. The van der Waals surface area contributed by atoms with Gasteiger partial charge in [0.1, 0.15) is 12.7 Å². The van der Waals surface area contributed by atoms with Gasteiger partial charge in [-0.25, -0.2) is 5.06 Å². The fraction of sp³-hybridized carbons (Fsp3) is 0.308. The van der Waals surface area contributed by atoms with Gasteiger partial charge in [-0.1, -0.05) is 0 Å². The van der Waals surface area contributed by atoms with Gasteiger partial charge in [0.15, 0.2) is 0 Å². The Labute approximate surface area is 110 Å². The molecule has 6 nitrogen and oxygen atoms in total. The Morgan fingerprint density at radius 2 is 1.84 bits per heavy atom. The zero-order valence-electron chi connectivity index (χ0n) is 10.4. The molecule has 1 aliphatic rings. The summed E-state index contributed by atoms with van der Waals surface area (Å²) >= 11 is 0. The average molecular weight is 258 g/mol. The fourth-order valence-electron chi connectivity index (χ4n) is 2.01. The lowest BCUT2D eigenvalue weighted by molar-refractivity contribution is -0.144. The van der Waals surface area contributed by atoms with E-state index in [1.54, 1.807) is 29.4 Å². The zero-order chi connectivity index (χ0) is 13.1. The minimum absolute atomic E-state index is 0.0880. The molecule has 0 saturated carbocycles. The van der Waals surface area contributed by atoms with Crippen LogP contribution in [0.5, 0.6) is 0 Å². The molecule has 0 bridgehead atoms. The Morgan fingerprint density at radius 1 is 1.11 bits per heavy atom. The third-order valence-corrected chi connectivity index (χ3v) is 3.06. The second kappa shape index (κ2) is 5.19. The van der Waals surface area contributed by atoms with Crippen molar-refractivity contribution >= 4 is 5.91 Å². The van der Waals surface area contributed by atoms with Crippen LogP contribution in [-0.2, 0) is 4.84 Å². The first kappa shape index (κ1) is 11.9. The SMILES string of the molecule is O=C(c1ccc(-n2cnnc2)cc1)N1CCCCO1. The number of rotatable bonds is 2. The molecule has 1 aliphatic heterocycles. The van der Waals surface area contributed by atoms with Crippen molar-refractivity contribution in [1.82, 2.24) is 19.8 Å². The lowest BCUT2D eigenvalue weighted by atomic mass is 10.2. The summed E-state index contributed by atoms with van der Waals surface area (Å²) in [5.74, 6) is -0.0880. The van der Waals surface area contributed by atoms with Gasteiger partial charge in [-0.3, -0.25) is 14.2 Å². The van der Waals surface area contributed by atoms with Gasteiger partial charge in [0.2, 0.25) is 0 Å². The van der Waals surface area contributed by atoms with Crippen LogP contribution < -0.4 is 0 Å². The summed E-state index contributed by atoms with van der Waals surface area (Å²) in [5, 5.41) is 8.94. The summed E-state index contributed by atoms with van der Waals surface area (Å²) in [4.78, 5) is 17.5. The van der Waals surface area contributed by atoms with Crippen molar-refractivity contribution in [3.8, 4) is 5.69 Å². The highest BCUT2D eigenvalue weighted by Crippen LogP contribution is 2.14. The smallest absolute Gasteiger partial charge is 0.277 e. The van der Waals surface area contributed by atoms with E-state index in [4.69, 9.17) is 4.84 Å². The second-order valence-electron chi connectivity index (χ2n) is 4.36. The largest absolute Gasteiger partial charge is 0.288 e. The van der Waals surface area contributed by atoms with E-state index in [1.807, 2.05) is 12.1 Å². The maximum atomic E-state index is 12.2. The van der Waals surface area contributed by atoms with Crippen LogP contribution in [0.4, 0.5) is 0 Å². The second-order valence-corrected chi connectivity index (χ2v) is 4.36. The van der Waals surface area contributed by atoms with Crippen molar-refractivity contribution < 1.29 is 9.63 Å². The standard InChI is InChI=1S/C13H14N4O2/c18-13(17-7-1-2-8-19-17)11-3-5-12(6-4-11)16-9-14-15-10-16/h3-6,9-10H,1-2,7-8H2. The van der Waals surface area contributed by atoms with Crippen LogP contribution in [0.3, 0.4) is 0 Å². The van der Waals surface area contributed by atoms with Crippen LogP contribution in [0.25, 0.3) is 5.69 Å². The van der Waals surface area contributed by atoms with Crippen LogP contribution in [-0.4, -0.2) is 38.9 Å². The number of hydrogen-bond acceptors (Lipinski definition) is 4. The number of carbonyl (C=O) groups excluding carboxylic acids is 1. The van der Waals surface area contributed by atoms with Crippen molar-refractivity contribution in [2.75, 3.05) is 13.2 Å². The number of carbonyl (C=O) groups is 1. The van der Waals surface area contributed by atoms with E-state index in [2.05, 4.69) is 10.2 Å². The van der Waals surface area contributed by atoms with E-state index in [9.17, 15) is 4.79 Å². The molecule has 2 aromatic rings. The van der Waals surface area contributed by atoms with Gasteiger partial charge >= 0.3 is 0 Å². The number of aromatic nitrogens is 3. The van der Waals surface area contributed by atoms with E-state index < -0.39 is 0 Å². The number of hydroxylamine groups is 2. The Kier molecular flexibility index (Phi) is 3.24. The van der Waals surface area contributed by atoms with Crippen molar-refractivity contribution in [1.29, 1.82) is 0 Å². The maximum absolute atomic E-state index is 12.2. The van der Waals surface area contributed by atoms with Crippen molar-refractivity contribution in [3.63, 3.8) is 0 Å². The summed E-state index contributed by atoms with van der Waals surface area (Å²) in [6, 6.07) is 7.30. The molecule has 1 aromatic heterocycles. The highest BCUT2D eigenvalue weighted by Gasteiger charge is 2.19. The highest BCUT2D eigenvalue weighted by atomic mass is 16.7. The predicted octanol–water partition coefficient (Wildman–Crippen LogP) is 1.43. The fourth-order valence-corrected chi connectivity index (χ4v) is 2.01. The lowest BCUT2D eigenvalue weighted by Gasteiger charge is -2.25. The summed E-state index contributed by atoms with van der Waals surface area (Å²) in [7, 11) is 0. The first-order valence-corrected chi connectivity index (χ1v) is 6.24. The van der Waals surface area contributed by atoms with E-state index >= 15 is 0 Å². The van der Waals surface area contributed by atoms with Crippen molar-refractivity contribution in [2.45, 2.75) is 12.8 Å². The molecule has 3 rings (SSSR count). The summed E-state index contributed by atoms with van der Waals surface area (Å²) in [6.07, 6.45) is 5.23. The molecule has 1 fully saturated rings. The molecule has 98 valence electrons. The summed E-state index contributed by atoms with van der Waals surface area (Å²) < 4.78 is 1.78. The Balaban J connectivity index is 1.76. The Morgan fingerprint density at radius 3 is 2.47 bits per heavy atom. The number of amides is 1. The maximum Gasteiger partial charge on any atom is 0.277 e. The van der Waals surface area contributed by atoms with E-state index in [0.717, 1.165) is 18.5 Å². The van der Waals surface area contributed by atoms with Gasteiger partial charge < -0.3 is 0 Å². The molecule has 6 heteroatoms. The van der Waals surface area contributed by atoms with Gasteiger partial charge in [0, 0.05) is 17.8 Å². The molecule has 0 atom stereocenters. The van der Waals surface area contributed by atoms with E-state index in [1.165, 1.54) is 5.06 Å². The lowest BCUT2D eigenvalue weighted by Crippen LogP contribution is -2.35. The van der Waals surface area contributed by atoms with Crippen LogP contribution in [0.2, 0.25) is 0 Å². The van der Waals surface area contributed by atoms with Crippen LogP contribution in [0.1, 0.15) is 23.2 Å². The Bertz CT molecular complexity index is 545. The summed E-state index contributed by atoms with van der Waals surface area (Å²) in [5.41, 5.74) is 1.54. The van der Waals surface area contributed by atoms with Gasteiger partial charge in [0.25, 0.3) is 5.91 Å².